The SMILES string of the molecule is CC(C)(C)CN1c2ccc(CCO)cc2N(CC(C)(C)C)c2ccc(CCO)cc21. The molecule has 2 aromatic carbocycles. The highest BCUT2D eigenvalue weighted by Gasteiger charge is 2.32. The molecule has 0 bridgehead atoms. The van der Waals surface area contributed by atoms with Crippen molar-refractivity contribution in [1.29, 1.82) is 0 Å². The molecule has 164 valence electrons. The molecular weight excluding hydrogens is 372 g/mol. The van der Waals surface area contributed by atoms with Crippen LogP contribution in [0.2, 0.25) is 0 Å². The van der Waals surface area contributed by atoms with Gasteiger partial charge in [-0.15, -0.1) is 0 Å². The summed E-state index contributed by atoms with van der Waals surface area (Å²) in [5.74, 6) is 0. The largest absolute Gasteiger partial charge is 0.396 e. The van der Waals surface area contributed by atoms with Crippen LogP contribution < -0.4 is 9.80 Å². The van der Waals surface area contributed by atoms with Crippen LogP contribution in [0.15, 0.2) is 36.4 Å². The van der Waals surface area contributed by atoms with Crippen molar-refractivity contribution in [2.45, 2.75) is 54.4 Å². The summed E-state index contributed by atoms with van der Waals surface area (Å²) in [5, 5.41) is 19.0. The van der Waals surface area contributed by atoms with Gasteiger partial charge in [0.15, 0.2) is 0 Å². The van der Waals surface area contributed by atoms with Crippen LogP contribution >= 0.6 is 0 Å². The van der Waals surface area contributed by atoms with E-state index in [2.05, 4.69) is 87.7 Å². The van der Waals surface area contributed by atoms with E-state index < -0.39 is 0 Å². The lowest BCUT2D eigenvalue weighted by molar-refractivity contribution is 0.299. The standard InChI is InChI=1S/C26H38N2O2/c1-25(2,3)17-27-21-9-7-20(12-14-30)16-24(21)28(18-26(4,5)6)22-10-8-19(11-13-29)15-23(22)27/h7-10,15-16,29-30H,11-14,17-18H2,1-6H3. The third-order valence-electron chi connectivity index (χ3n) is 5.31. The fraction of sp³-hybridized carbons (Fsp3) is 0.538. The molecule has 3 rings (SSSR count). The molecule has 0 amide bonds. The number of rotatable bonds is 6. The number of fused-ring (bicyclic) bond motifs is 2. The molecule has 2 N–H and O–H groups in total. The predicted molar refractivity (Wildman–Crippen MR) is 127 cm³/mol. The Morgan fingerprint density at radius 3 is 1.27 bits per heavy atom. The van der Waals surface area contributed by atoms with Crippen LogP contribution in [0.3, 0.4) is 0 Å². The smallest absolute Gasteiger partial charge is 0.0655 e. The van der Waals surface area contributed by atoms with Crippen molar-refractivity contribution in [2.24, 2.45) is 10.8 Å². The van der Waals surface area contributed by atoms with Crippen LogP contribution in [0.4, 0.5) is 22.7 Å². The highest BCUT2D eigenvalue weighted by Crippen LogP contribution is 2.50. The lowest BCUT2D eigenvalue weighted by Crippen LogP contribution is -2.37. The minimum absolute atomic E-state index is 0.123. The maximum atomic E-state index is 9.48. The number of benzene rings is 2. The van der Waals surface area contributed by atoms with Crippen LogP contribution in [-0.4, -0.2) is 36.5 Å². The first-order chi connectivity index (χ1) is 14.0. The molecule has 0 saturated carbocycles. The Morgan fingerprint density at radius 2 is 0.967 bits per heavy atom. The summed E-state index contributed by atoms with van der Waals surface area (Å²) in [6.07, 6.45) is 1.33. The zero-order valence-corrected chi connectivity index (χ0v) is 19.5. The molecule has 1 aliphatic rings. The van der Waals surface area contributed by atoms with Gasteiger partial charge < -0.3 is 20.0 Å². The van der Waals surface area contributed by atoms with Gasteiger partial charge >= 0.3 is 0 Å². The van der Waals surface area contributed by atoms with Gasteiger partial charge in [0.1, 0.15) is 0 Å². The zero-order chi connectivity index (χ0) is 22.1. The average molecular weight is 411 g/mol. The number of anilines is 4. The number of nitrogens with zero attached hydrogens (tertiary/aromatic N) is 2. The van der Waals surface area contributed by atoms with Gasteiger partial charge in [0.2, 0.25) is 0 Å². The highest BCUT2D eigenvalue weighted by atomic mass is 16.3. The highest BCUT2D eigenvalue weighted by molar-refractivity contribution is 5.93. The molecule has 2 aromatic rings. The van der Waals surface area contributed by atoms with Crippen LogP contribution in [0.5, 0.6) is 0 Å². The molecule has 1 heterocycles. The number of hydrogen-bond acceptors (Lipinski definition) is 4. The van der Waals surface area contributed by atoms with E-state index in [1.54, 1.807) is 0 Å². The summed E-state index contributed by atoms with van der Waals surface area (Å²) in [5.41, 5.74) is 7.41. The van der Waals surface area contributed by atoms with Gasteiger partial charge in [-0.05, 0) is 59.1 Å². The molecule has 4 nitrogen and oxygen atoms in total. The van der Waals surface area contributed by atoms with E-state index in [1.165, 1.54) is 22.7 Å². The normalized spacial score (nSPS) is 14.0. The molecule has 0 radical (unpaired) electrons. The molecule has 1 aliphatic heterocycles. The summed E-state index contributed by atoms with van der Waals surface area (Å²) < 4.78 is 0. The minimum Gasteiger partial charge on any atom is -0.396 e. The van der Waals surface area contributed by atoms with E-state index >= 15 is 0 Å². The number of aliphatic hydroxyl groups is 2. The van der Waals surface area contributed by atoms with Crippen LogP contribution in [0.25, 0.3) is 0 Å². The zero-order valence-electron chi connectivity index (χ0n) is 19.5. The van der Waals surface area contributed by atoms with E-state index in [9.17, 15) is 10.2 Å². The lowest BCUT2D eigenvalue weighted by Gasteiger charge is -2.44. The van der Waals surface area contributed by atoms with Crippen molar-refractivity contribution in [3.63, 3.8) is 0 Å². The summed E-state index contributed by atoms with van der Waals surface area (Å²) in [7, 11) is 0. The average Bonchev–Trinajstić information content (AvgIpc) is 2.63. The summed E-state index contributed by atoms with van der Waals surface area (Å²) >= 11 is 0. The Labute approximate surface area is 182 Å². The fourth-order valence-electron chi connectivity index (χ4n) is 4.15. The van der Waals surface area contributed by atoms with E-state index in [1.807, 2.05) is 0 Å². The molecule has 0 aromatic heterocycles. The van der Waals surface area contributed by atoms with E-state index in [4.69, 9.17) is 0 Å². The van der Waals surface area contributed by atoms with Crippen molar-refractivity contribution in [3.8, 4) is 0 Å². The second-order valence-corrected chi connectivity index (χ2v) is 10.9. The topological polar surface area (TPSA) is 46.9 Å². The Kier molecular flexibility index (Phi) is 6.49. The first-order valence-corrected chi connectivity index (χ1v) is 11.0. The maximum absolute atomic E-state index is 9.48. The fourth-order valence-corrected chi connectivity index (χ4v) is 4.15. The minimum atomic E-state index is 0.123. The Bertz CT molecular complexity index is 804. The molecule has 0 aliphatic carbocycles. The monoisotopic (exact) mass is 410 g/mol. The first-order valence-electron chi connectivity index (χ1n) is 11.0. The van der Waals surface area contributed by atoms with Crippen LogP contribution in [-0.2, 0) is 12.8 Å². The molecule has 30 heavy (non-hydrogen) atoms. The molecule has 0 atom stereocenters. The van der Waals surface area contributed by atoms with Crippen LogP contribution in [0, 0.1) is 10.8 Å². The van der Waals surface area contributed by atoms with Gasteiger partial charge in [-0.3, -0.25) is 0 Å². The molecule has 4 heteroatoms. The summed E-state index contributed by atoms with van der Waals surface area (Å²) in [6, 6.07) is 13.2. The van der Waals surface area contributed by atoms with Gasteiger partial charge in [-0.2, -0.15) is 0 Å². The van der Waals surface area contributed by atoms with Gasteiger partial charge in [0.05, 0.1) is 22.7 Å². The van der Waals surface area contributed by atoms with E-state index in [-0.39, 0.29) is 24.0 Å². The molecule has 0 saturated heterocycles. The van der Waals surface area contributed by atoms with Gasteiger partial charge in [0.25, 0.3) is 0 Å². The quantitative estimate of drug-likeness (QED) is 0.666. The number of hydrogen-bond donors (Lipinski definition) is 2. The maximum Gasteiger partial charge on any atom is 0.0655 e. The first kappa shape index (κ1) is 22.6. The van der Waals surface area contributed by atoms with E-state index in [0.717, 1.165) is 24.2 Å². The van der Waals surface area contributed by atoms with Crippen molar-refractivity contribution in [2.75, 3.05) is 36.1 Å². The second kappa shape index (κ2) is 8.60. The lowest BCUT2D eigenvalue weighted by atomic mass is 9.91. The van der Waals surface area contributed by atoms with Gasteiger partial charge in [-0.1, -0.05) is 53.7 Å². The third-order valence-corrected chi connectivity index (χ3v) is 5.31. The van der Waals surface area contributed by atoms with Crippen molar-refractivity contribution in [3.05, 3.63) is 47.5 Å². The molecule has 0 spiro atoms. The Hall–Kier alpha value is -2.04. The van der Waals surface area contributed by atoms with Crippen molar-refractivity contribution in [1.82, 2.24) is 0 Å². The molecular formula is C26H38N2O2. The number of aliphatic hydroxyl groups excluding tert-OH is 2. The van der Waals surface area contributed by atoms with Crippen molar-refractivity contribution >= 4 is 22.7 Å². The van der Waals surface area contributed by atoms with Crippen LogP contribution in [0.1, 0.15) is 52.7 Å². The molecule has 0 fully saturated rings. The summed E-state index contributed by atoms with van der Waals surface area (Å²) in [6.45, 7) is 15.7. The van der Waals surface area contributed by atoms with Gasteiger partial charge in [-0.25, -0.2) is 0 Å². The van der Waals surface area contributed by atoms with Gasteiger partial charge in [0, 0.05) is 26.3 Å². The predicted octanol–water partition coefficient (Wildman–Crippen LogP) is 5.44. The van der Waals surface area contributed by atoms with Crippen molar-refractivity contribution < 1.29 is 10.2 Å². The van der Waals surface area contributed by atoms with E-state index in [0.29, 0.717) is 12.8 Å². The summed E-state index contributed by atoms with van der Waals surface area (Å²) in [4.78, 5) is 4.88. The molecule has 0 unspecified atom stereocenters. The third kappa shape index (κ3) is 5.16. The Morgan fingerprint density at radius 1 is 0.600 bits per heavy atom. The second-order valence-electron chi connectivity index (χ2n) is 10.9. The Balaban J connectivity index is 2.21.